The van der Waals surface area contributed by atoms with E-state index in [1.807, 2.05) is 58.0 Å². The highest BCUT2D eigenvalue weighted by Crippen LogP contribution is 2.26. The van der Waals surface area contributed by atoms with Gasteiger partial charge in [0, 0.05) is 29.6 Å². The number of halogens is 2. The third kappa shape index (κ3) is 7.31. The molecule has 1 N–H and O–H groups in total. The van der Waals surface area contributed by atoms with Crippen molar-refractivity contribution in [3.05, 3.63) is 99.8 Å². The zero-order valence-corrected chi connectivity index (χ0v) is 21.8. The minimum atomic E-state index is -0.862. The number of nitrogens with zero attached hydrogens (tertiary/aromatic N) is 1. The first-order valence-electron chi connectivity index (χ1n) is 11.9. The van der Waals surface area contributed by atoms with Crippen molar-refractivity contribution in [3.8, 4) is 5.75 Å². The molecule has 0 aromatic heterocycles. The number of carbonyl (C=O) groups is 2. The van der Waals surface area contributed by atoms with E-state index in [9.17, 15) is 14.0 Å². The number of ether oxygens (including phenoxy) is 1. The van der Waals surface area contributed by atoms with Crippen molar-refractivity contribution < 1.29 is 18.7 Å². The normalized spacial score (nSPS) is 11.8. The molecule has 0 bridgehead atoms. The van der Waals surface area contributed by atoms with Gasteiger partial charge in [-0.1, -0.05) is 60.1 Å². The largest absolute Gasteiger partial charge is 0.484 e. The molecule has 7 heteroatoms. The quantitative estimate of drug-likeness (QED) is 0.384. The van der Waals surface area contributed by atoms with Crippen LogP contribution in [-0.2, 0) is 22.6 Å². The number of amides is 2. The molecule has 3 rings (SSSR count). The molecular formula is C29H32ClFN2O3. The van der Waals surface area contributed by atoms with Crippen LogP contribution in [0.3, 0.4) is 0 Å². The summed E-state index contributed by atoms with van der Waals surface area (Å²) in [6, 6.07) is 18.2. The Morgan fingerprint density at radius 2 is 1.61 bits per heavy atom. The zero-order valence-electron chi connectivity index (χ0n) is 21.1. The van der Waals surface area contributed by atoms with Gasteiger partial charge in [0.15, 0.2) is 6.61 Å². The Kier molecular flexibility index (Phi) is 9.48. The summed E-state index contributed by atoms with van der Waals surface area (Å²) in [5, 5.41) is 3.55. The van der Waals surface area contributed by atoms with E-state index in [4.69, 9.17) is 16.3 Å². The second-order valence-corrected chi connectivity index (χ2v) is 9.52. The van der Waals surface area contributed by atoms with E-state index in [1.54, 1.807) is 30.3 Å². The van der Waals surface area contributed by atoms with Crippen molar-refractivity contribution in [2.75, 3.05) is 6.61 Å². The highest BCUT2D eigenvalue weighted by molar-refractivity contribution is 6.32. The number of nitrogens with one attached hydrogen (secondary N) is 1. The van der Waals surface area contributed by atoms with E-state index >= 15 is 0 Å². The van der Waals surface area contributed by atoms with E-state index < -0.39 is 17.8 Å². The summed E-state index contributed by atoms with van der Waals surface area (Å²) in [5.74, 6) is -0.678. The van der Waals surface area contributed by atoms with Gasteiger partial charge in [-0.05, 0) is 62.6 Å². The summed E-state index contributed by atoms with van der Waals surface area (Å²) in [7, 11) is 0. The molecular weight excluding hydrogens is 479 g/mol. The molecule has 0 aliphatic carbocycles. The van der Waals surface area contributed by atoms with Gasteiger partial charge in [-0.3, -0.25) is 9.59 Å². The van der Waals surface area contributed by atoms with E-state index in [0.29, 0.717) is 16.3 Å². The van der Waals surface area contributed by atoms with Crippen molar-refractivity contribution in [2.24, 2.45) is 0 Å². The lowest BCUT2D eigenvalue weighted by Crippen LogP contribution is -2.53. The topological polar surface area (TPSA) is 58.6 Å². The van der Waals surface area contributed by atoms with Gasteiger partial charge in [0.05, 0.1) is 0 Å². The standard InChI is InChI=1S/C29H32ClFN2O3/c1-19(2)32-29(35)26(16-22-10-6-5-7-11-22)33(17-23-12-8-9-13-25(23)31)27(34)18-36-24-14-20(3)28(30)21(4)15-24/h5-15,19,26H,16-18H2,1-4H3,(H,32,35). The molecule has 0 aliphatic rings. The fourth-order valence-electron chi connectivity index (χ4n) is 3.96. The summed E-state index contributed by atoms with van der Waals surface area (Å²) in [5.41, 5.74) is 2.87. The first-order chi connectivity index (χ1) is 17.2. The lowest BCUT2D eigenvalue weighted by atomic mass is 10.0. The van der Waals surface area contributed by atoms with E-state index in [-0.39, 0.29) is 31.5 Å². The van der Waals surface area contributed by atoms with Crippen LogP contribution in [0.5, 0.6) is 5.75 Å². The van der Waals surface area contributed by atoms with Gasteiger partial charge in [-0.15, -0.1) is 0 Å². The van der Waals surface area contributed by atoms with Crippen LogP contribution in [0.4, 0.5) is 4.39 Å². The number of benzene rings is 3. The SMILES string of the molecule is Cc1cc(OCC(=O)N(Cc2ccccc2F)C(Cc2ccccc2)C(=O)NC(C)C)cc(C)c1Cl. The van der Waals surface area contributed by atoms with Crippen LogP contribution >= 0.6 is 11.6 Å². The molecule has 5 nitrogen and oxygen atoms in total. The minimum absolute atomic E-state index is 0.0729. The van der Waals surface area contributed by atoms with Crippen LogP contribution in [0, 0.1) is 19.7 Å². The smallest absolute Gasteiger partial charge is 0.261 e. The molecule has 190 valence electrons. The number of rotatable bonds is 10. The number of aryl methyl sites for hydroxylation is 2. The van der Waals surface area contributed by atoms with Gasteiger partial charge in [-0.25, -0.2) is 4.39 Å². The third-order valence-electron chi connectivity index (χ3n) is 5.77. The Morgan fingerprint density at radius 1 is 1.00 bits per heavy atom. The maximum Gasteiger partial charge on any atom is 0.261 e. The average molecular weight is 511 g/mol. The Labute approximate surface area is 217 Å². The van der Waals surface area contributed by atoms with Crippen molar-refractivity contribution in [2.45, 2.75) is 52.7 Å². The maximum absolute atomic E-state index is 14.6. The summed E-state index contributed by atoms with van der Waals surface area (Å²) < 4.78 is 20.4. The van der Waals surface area contributed by atoms with Gasteiger partial charge in [-0.2, -0.15) is 0 Å². The molecule has 0 saturated heterocycles. The first kappa shape index (κ1) is 27.2. The van der Waals surface area contributed by atoms with Crippen LogP contribution < -0.4 is 10.1 Å². The van der Waals surface area contributed by atoms with Crippen LogP contribution in [0.25, 0.3) is 0 Å². The molecule has 1 atom stereocenters. The number of carbonyl (C=O) groups excluding carboxylic acids is 2. The lowest BCUT2D eigenvalue weighted by Gasteiger charge is -2.32. The molecule has 3 aromatic rings. The van der Waals surface area contributed by atoms with Gasteiger partial charge in [0.2, 0.25) is 5.91 Å². The van der Waals surface area contributed by atoms with Crippen LogP contribution in [0.15, 0.2) is 66.7 Å². The van der Waals surface area contributed by atoms with Crippen LogP contribution in [0.2, 0.25) is 5.02 Å². The Balaban J connectivity index is 1.93. The molecule has 1 unspecified atom stereocenters. The molecule has 0 saturated carbocycles. The summed E-state index contributed by atoms with van der Waals surface area (Å²) in [6.45, 7) is 7.05. The molecule has 36 heavy (non-hydrogen) atoms. The van der Waals surface area contributed by atoms with E-state index in [1.165, 1.54) is 11.0 Å². The second-order valence-electron chi connectivity index (χ2n) is 9.14. The molecule has 0 fully saturated rings. The molecule has 0 aliphatic heterocycles. The molecule has 0 heterocycles. The van der Waals surface area contributed by atoms with Crippen molar-refractivity contribution in [1.82, 2.24) is 10.2 Å². The number of hydrogen-bond acceptors (Lipinski definition) is 3. The summed E-state index contributed by atoms with van der Waals surface area (Å²) in [4.78, 5) is 28.3. The average Bonchev–Trinajstić information content (AvgIpc) is 2.84. The van der Waals surface area contributed by atoms with Gasteiger partial charge in [0.1, 0.15) is 17.6 Å². The zero-order chi connectivity index (χ0) is 26.2. The minimum Gasteiger partial charge on any atom is -0.484 e. The van der Waals surface area contributed by atoms with Crippen molar-refractivity contribution >= 4 is 23.4 Å². The summed E-state index contributed by atoms with van der Waals surface area (Å²) >= 11 is 6.25. The molecule has 3 aromatic carbocycles. The molecule has 0 radical (unpaired) electrons. The maximum atomic E-state index is 14.6. The van der Waals surface area contributed by atoms with Gasteiger partial charge < -0.3 is 15.0 Å². The van der Waals surface area contributed by atoms with Crippen LogP contribution in [-0.4, -0.2) is 35.4 Å². The second kappa shape index (κ2) is 12.5. The Hall–Kier alpha value is -3.38. The van der Waals surface area contributed by atoms with E-state index in [2.05, 4.69) is 5.32 Å². The number of hydrogen-bond donors (Lipinski definition) is 1. The van der Waals surface area contributed by atoms with Gasteiger partial charge >= 0.3 is 0 Å². The fourth-order valence-corrected chi connectivity index (χ4v) is 4.07. The Bertz CT molecular complexity index is 1180. The van der Waals surface area contributed by atoms with Crippen LogP contribution in [0.1, 0.15) is 36.1 Å². The summed E-state index contributed by atoms with van der Waals surface area (Å²) in [6.07, 6.45) is 0.277. The molecule has 0 spiro atoms. The van der Waals surface area contributed by atoms with E-state index in [0.717, 1.165) is 16.7 Å². The predicted molar refractivity (Wildman–Crippen MR) is 141 cm³/mol. The fraction of sp³-hybridized carbons (Fsp3) is 0.310. The lowest BCUT2D eigenvalue weighted by molar-refractivity contribution is -0.143. The van der Waals surface area contributed by atoms with Gasteiger partial charge in [0.25, 0.3) is 5.91 Å². The first-order valence-corrected chi connectivity index (χ1v) is 12.3. The molecule has 2 amide bonds. The predicted octanol–water partition coefficient (Wildman–Crippen LogP) is 5.64. The third-order valence-corrected chi connectivity index (χ3v) is 6.37. The highest BCUT2D eigenvalue weighted by Gasteiger charge is 2.31. The Morgan fingerprint density at radius 3 is 2.22 bits per heavy atom. The highest BCUT2D eigenvalue weighted by atomic mass is 35.5. The monoisotopic (exact) mass is 510 g/mol. The van der Waals surface area contributed by atoms with Crippen molar-refractivity contribution in [1.29, 1.82) is 0 Å². The van der Waals surface area contributed by atoms with Crippen molar-refractivity contribution in [3.63, 3.8) is 0 Å².